The SMILES string of the molecule is NCCCCC(N)C(=O)NC(CS)C(=O)NCC(=O)NC(CS)C(=O)O. The van der Waals surface area contributed by atoms with E-state index in [0.29, 0.717) is 19.4 Å². The second kappa shape index (κ2) is 13.7. The van der Waals surface area contributed by atoms with E-state index < -0.39 is 48.4 Å². The fraction of sp³-hybridized carbons (Fsp3) is 0.714. The molecule has 0 bridgehead atoms. The van der Waals surface area contributed by atoms with E-state index in [1.54, 1.807) is 0 Å². The van der Waals surface area contributed by atoms with Gasteiger partial charge in [-0.1, -0.05) is 6.42 Å². The average molecular weight is 410 g/mol. The highest BCUT2D eigenvalue weighted by molar-refractivity contribution is 7.80. The molecule has 0 aliphatic rings. The monoisotopic (exact) mass is 409 g/mol. The Morgan fingerprint density at radius 3 is 2.08 bits per heavy atom. The zero-order chi connectivity index (χ0) is 20.1. The number of hydrogen-bond acceptors (Lipinski definition) is 8. The van der Waals surface area contributed by atoms with E-state index in [0.717, 1.165) is 6.42 Å². The summed E-state index contributed by atoms with van der Waals surface area (Å²) in [6.45, 7) is 0.0626. The lowest BCUT2D eigenvalue weighted by molar-refractivity contribution is -0.141. The van der Waals surface area contributed by atoms with Crippen LogP contribution in [0.3, 0.4) is 0 Å². The molecule has 0 aliphatic carbocycles. The quantitative estimate of drug-likeness (QED) is 0.122. The molecule has 0 aromatic carbocycles. The molecule has 26 heavy (non-hydrogen) atoms. The standard InChI is InChI=1S/C14H27N5O5S2/c15-4-2-1-3-8(16)12(21)19-9(6-25)13(22)17-5-11(20)18-10(7-26)14(23)24/h8-10,25-26H,1-7,15-16H2,(H,17,22)(H,18,20)(H,19,21)(H,23,24). The van der Waals surface area contributed by atoms with Gasteiger partial charge in [0.15, 0.2) is 0 Å². The van der Waals surface area contributed by atoms with Crippen molar-refractivity contribution < 1.29 is 24.3 Å². The van der Waals surface area contributed by atoms with Crippen LogP contribution in [0.1, 0.15) is 19.3 Å². The average Bonchev–Trinajstić information content (AvgIpc) is 2.61. The van der Waals surface area contributed by atoms with E-state index in [1.165, 1.54) is 0 Å². The van der Waals surface area contributed by atoms with Gasteiger partial charge in [-0.15, -0.1) is 0 Å². The summed E-state index contributed by atoms with van der Waals surface area (Å²) in [4.78, 5) is 46.5. The third kappa shape index (κ3) is 9.85. The number of unbranched alkanes of at least 4 members (excludes halogenated alkanes) is 1. The van der Waals surface area contributed by atoms with Crippen molar-refractivity contribution in [2.75, 3.05) is 24.6 Å². The summed E-state index contributed by atoms with van der Waals surface area (Å²) < 4.78 is 0. The Balaban J connectivity index is 4.41. The van der Waals surface area contributed by atoms with Crippen molar-refractivity contribution in [3.63, 3.8) is 0 Å². The molecule has 150 valence electrons. The first-order valence-electron chi connectivity index (χ1n) is 8.04. The van der Waals surface area contributed by atoms with Crippen LogP contribution in [0.4, 0.5) is 0 Å². The molecule has 0 fully saturated rings. The van der Waals surface area contributed by atoms with Gasteiger partial charge < -0.3 is 32.5 Å². The molecule has 10 nitrogen and oxygen atoms in total. The predicted octanol–water partition coefficient (Wildman–Crippen LogP) is -2.53. The highest BCUT2D eigenvalue weighted by Gasteiger charge is 2.23. The normalized spacial score (nSPS) is 14.0. The van der Waals surface area contributed by atoms with Gasteiger partial charge in [0.2, 0.25) is 17.7 Å². The number of rotatable bonds is 13. The molecule has 0 rings (SSSR count). The number of thiol groups is 2. The topological polar surface area (TPSA) is 177 Å². The van der Waals surface area contributed by atoms with Crippen molar-refractivity contribution in [3.8, 4) is 0 Å². The summed E-state index contributed by atoms with van der Waals surface area (Å²) in [6.07, 6.45) is 1.88. The number of carbonyl (C=O) groups excluding carboxylic acids is 3. The van der Waals surface area contributed by atoms with Gasteiger partial charge in [0.25, 0.3) is 0 Å². The third-order valence-electron chi connectivity index (χ3n) is 3.36. The number of carboxylic acids is 1. The zero-order valence-electron chi connectivity index (χ0n) is 14.3. The number of nitrogens with two attached hydrogens (primary N) is 2. The van der Waals surface area contributed by atoms with Gasteiger partial charge in [-0.05, 0) is 19.4 Å². The van der Waals surface area contributed by atoms with Crippen LogP contribution in [0.5, 0.6) is 0 Å². The van der Waals surface area contributed by atoms with Gasteiger partial charge in [0.05, 0.1) is 12.6 Å². The number of carboxylic acid groups (broad SMARTS) is 1. The molecule has 0 saturated carbocycles. The minimum absolute atomic E-state index is 0.00308. The van der Waals surface area contributed by atoms with Crippen molar-refractivity contribution in [2.45, 2.75) is 37.4 Å². The van der Waals surface area contributed by atoms with Crippen LogP contribution in [-0.2, 0) is 19.2 Å². The van der Waals surface area contributed by atoms with Crippen molar-refractivity contribution in [3.05, 3.63) is 0 Å². The largest absolute Gasteiger partial charge is 0.480 e. The van der Waals surface area contributed by atoms with E-state index in [9.17, 15) is 19.2 Å². The maximum atomic E-state index is 12.0. The molecule has 3 amide bonds. The first kappa shape index (κ1) is 24.5. The summed E-state index contributed by atoms with van der Waals surface area (Å²) in [5.41, 5.74) is 11.1. The summed E-state index contributed by atoms with van der Waals surface area (Å²) in [5.74, 6) is -3.14. The van der Waals surface area contributed by atoms with Gasteiger partial charge in [-0.25, -0.2) is 4.79 Å². The smallest absolute Gasteiger partial charge is 0.327 e. The van der Waals surface area contributed by atoms with Gasteiger partial charge in [0.1, 0.15) is 12.1 Å². The highest BCUT2D eigenvalue weighted by atomic mass is 32.1. The minimum atomic E-state index is -1.23. The summed E-state index contributed by atoms with van der Waals surface area (Å²) in [7, 11) is 0. The van der Waals surface area contributed by atoms with Crippen LogP contribution in [0.15, 0.2) is 0 Å². The maximum absolute atomic E-state index is 12.0. The second-order valence-electron chi connectivity index (χ2n) is 5.49. The lowest BCUT2D eigenvalue weighted by atomic mass is 10.1. The number of nitrogens with one attached hydrogen (secondary N) is 3. The molecule has 8 N–H and O–H groups in total. The van der Waals surface area contributed by atoms with E-state index in [-0.39, 0.29) is 11.5 Å². The molecule has 0 saturated heterocycles. The molecule has 3 unspecified atom stereocenters. The molecule has 0 radical (unpaired) electrons. The van der Waals surface area contributed by atoms with Crippen molar-refractivity contribution in [1.29, 1.82) is 0 Å². The van der Waals surface area contributed by atoms with Crippen molar-refractivity contribution >= 4 is 48.9 Å². The van der Waals surface area contributed by atoms with E-state index in [2.05, 4.69) is 41.2 Å². The third-order valence-corrected chi connectivity index (χ3v) is 4.09. The molecular formula is C14H27N5O5S2. The van der Waals surface area contributed by atoms with Gasteiger partial charge >= 0.3 is 5.97 Å². The fourth-order valence-electron chi connectivity index (χ4n) is 1.83. The molecule has 0 aliphatic heterocycles. The molecule has 12 heteroatoms. The Morgan fingerprint density at radius 2 is 1.58 bits per heavy atom. The first-order valence-corrected chi connectivity index (χ1v) is 9.30. The first-order chi connectivity index (χ1) is 12.3. The number of carbonyl (C=O) groups is 4. The predicted molar refractivity (Wildman–Crippen MR) is 103 cm³/mol. The van der Waals surface area contributed by atoms with Crippen molar-refractivity contribution in [2.24, 2.45) is 11.5 Å². The highest BCUT2D eigenvalue weighted by Crippen LogP contribution is 1.99. The second-order valence-corrected chi connectivity index (χ2v) is 6.22. The van der Waals surface area contributed by atoms with Gasteiger partial charge in [-0.2, -0.15) is 25.3 Å². The van der Waals surface area contributed by atoms with E-state index in [1.807, 2.05) is 0 Å². The minimum Gasteiger partial charge on any atom is -0.480 e. The van der Waals surface area contributed by atoms with Crippen LogP contribution >= 0.6 is 25.3 Å². The molecule has 0 heterocycles. The van der Waals surface area contributed by atoms with Crippen LogP contribution in [0.25, 0.3) is 0 Å². The summed E-state index contributed by atoms with van der Waals surface area (Å²) in [6, 6.07) is -2.90. The van der Waals surface area contributed by atoms with Crippen LogP contribution < -0.4 is 27.4 Å². The van der Waals surface area contributed by atoms with Gasteiger partial charge in [-0.3, -0.25) is 14.4 Å². The molecule has 0 spiro atoms. The van der Waals surface area contributed by atoms with E-state index in [4.69, 9.17) is 16.6 Å². The summed E-state index contributed by atoms with van der Waals surface area (Å²) in [5, 5.41) is 15.8. The lowest BCUT2D eigenvalue weighted by Crippen LogP contribution is -2.54. The Morgan fingerprint density at radius 1 is 0.962 bits per heavy atom. The fourth-order valence-corrected chi connectivity index (χ4v) is 2.34. The van der Waals surface area contributed by atoms with Crippen LogP contribution in [0, 0.1) is 0 Å². The lowest BCUT2D eigenvalue weighted by Gasteiger charge is -2.19. The maximum Gasteiger partial charge on any atom is 0.327 e. The zero-order valence-corrected chi connectivity index (χ0v) is 16.1. The Labute approximate surface area is 163 Å². The molecule has 3 atom stereocenters. The summed E-state index contributed by atoms with van der Waals surface area (Å²) >= 11 is 7.82. The molecular weight excluding hydrogens is 382 g/mol. The number of aliphatic carboxylic acids is 1. The van der Waals surface area contributed by atoms with E-state index >= 15 is 0 Å². The Hall–Kier alpha value is -1.50. The Bertz CT molecular complexity index is 494. The molecule has 0 aromatic rings. The van der Waals surface area contributed by atoms with Crippen LogP contribution in [-0.4, -0.2) is 71.5 Å². The van der Waals surface area contributed by atoms with Crippen molar-refractivity contribution in [1.82, 2.24) is 16.0 Å². The van der Waals surface area contributed by atoms with Gasteiger partial charge in [0, 0.05) is 11.5 Å². The van der Waals surface area contributed by atoms with Crippen LogP contribution in [0.2, 0.25) is 0 Å². The molecule has 0 aromatic heterocycles. The Kier molecular flexibility index (Phi) is 12.9. The number of amides is 3. The number of hydrogen-bond donors (Lipinski definition) is 8.